The summed E-state index contributed by atoms with van der Waals surface area (Å²) in [5, 5.41) is 0. The largest absolute Gasteiger partial charge is 0.0613 e. The van der Waals surface area contributed by atoms with E-state index in [-0.39, 0.29) is 0 Å². The number of hydrogen-bond donors (Lipinski definition) is 0. The van der Waals surface area contributed by atoms with E-state index in [0.29, 0.717) is 5.92 Å². The van der Waals surface area contributed by atoms with Crippen LogP contribution in [0.25, 0.3) is 0 Å². The lowest BCUT2D eigenvalue weighted by atomic mass is 9.95. The van der Waals surface area contributed by atoms with E-state index in [1.54, 1.807) is 5.56 Å². The smallest absolute Gasteiger partial charge is 0.0161 e. The fraction of sp³-hybridized carbons (Fsp3) is 0.571. The molecule has 76 valence electrons. The van der Waals surface area contributed by atoms with Crippen LogP contribution in [0.2, 0.25) is 0 Å². The maximum Gasteiger partial charge on any atom is -0.0161 e. The van der Waals surface area contributed by atoms with Crippen LogP contribution in [0.1, 0.15) is 62.1 Å². The summed E-state index contributed by atoms with van der Waals surface area (Å²) in [5.74, 6) is 1.55. The van der Waals surface area contributed by atoms with Crippen LogP contribution in [0, 0.1) is 0 Å². The van der Waals surface area contributed by atoms with Gasteiger partial charge in [-0.15, -0.1) is 0 Å². The molecule has 1 aliphatic carbocycles. The molecule has 1 saturated carbocycles. The zero-order chi connectivity index (χ0) is 10.1. The van der Waals surface area contributed by atoms with Crippen molar-refractivity contribution in [3.63, 3.8) is 0 Å². The van der Waals surface area contributed by atoms with Crippen LogP contribution in [0.5, 0.6) is 0 Å². The molecule has 0 nitrogen and oxygen atoms in total. The Kier molecular flexibility index (Phi) is 2.62. The number of aryl methyl sites for hydroxylation is 1. The molecule has 0 atom stereocenters. The van der Waals surface area contributed by atoms with Crippen molar-refractivity contribution in [1.29, 1.82) is 0 Å². The van der Waals surface area contributed by atoms with E-state index in [1.165, 1.54) is 30.4 Å². The fourth-order valence-electron chi connectivity index (χ4n) is 1.94. The van der Waals surface area contributed by atoms with E-state index in [1.807, 2.05) is 0 Å². The summed E-state index contributed by atoms with van der Waals surface area (Å²) in [6.07, 6.45) is 3.98. The highest BCUT2D eigenvalue weighted by molar-refractivity contribution is 5.35. The molecule has 0 N–H and O–H groups in total. The summed E-state index contributed by atoms with van der Waals surface area (Å²) in [4.78, 5) is 0. The van der Waals surface area contributed by atoms with Crippen molar-refractivity contribution in [1.82, 2.24) is 0 Å². The molecule has 1 aromatic rings. The molecular weight excluding hydrogens is 168 g/mol. The van der Waals surface area contributed by atoms with Gasteiger partial charge in [0.25, 0.3) is 0 Å². The van der Waals surface area contributed by atoms with Gasteiger partial charge in [0.05, 0.1) is 0 Å². The first-order valence-electron chi connectivity index (χ1n) is 5.84. The van der Waals surface area contributed by atoms with Crippen molar-refractivity contribution in [3.05, 3.63) is 34.9 Å². The first-order valence-corrected chi connectivity index (χ1v) is 5.84. The normalized spacial score (nSPS) is 16.3. The molecule has 1 aliphatic rings. The standard InChI is InChI=1S/C14H20/c1-4-11-7-13(10(2)3)9-14(8-11)12-5-6-12/h7-10,12H,4-6H2,1-3H3. The van der Waals surface area contributed by atoms with E-state index in [0.717, 1.165) is 5.92 Å². The molecule has 0 radical (unpaired) electrons. The van der Waals surface area contributed by atoms with Crippen molar-refractivity contribution >= 4 is 0 Å². The quantitative estimate of drug-likeness (QED) is 0.665. The minimum Gasteiger partial charge on any atom is -0.0613 e. The van der Waals surface area contributed by atoms with Crippen LogP contribution in [-0.4, -0.2) is 0 Å². The summed E-state index contributed by atoms with van der Waals surface area (Å²) in [6.45, 7) is 6.81. The first-order chi connectivity index (χ1) is 6.70. The minimum atomic E-state index is 0.666. The zero-order valence-electron chi connectivity index (χ0n) is 9.51. The lowest BCUT2D eigenvalue weighted by Crippen LogP contribution is -1.93. The summed E-state index contributed by atoms with van der Waals surface area (Å²) in [5.41, 5.74) is 4.62. The third kappa shape index (κ3) is 2.00. The molecule has 0 saturated heterocycles. The first kappa shape index (κ1) is 9.76. The van der Waals surface area contributed by atoms with Gasteiger partial charge in [0.1, 0.15) is 0 Å². The molecule has 1 fully saturated rings. The minimum absolute atomic E-state index is 0.666. The summed E-state index contributed by atoms with van der Waals surface area (Å²) >= 11 is 0. The third-order valence-electron chi connectivity index (χ3n) is 3.16. The Morgan fingerprint density at radius 3 is 2.43 bits per heavy atom. The molecule has 0 amide bonds. The van der Waals surface area contributed by atoms with Crippen molar-refractivity contribution < 1.29 is 0 Å². The fourth-order valence-corrected chi connectivity index (χ4v) is 1.94. The van der Waals surface area contributed by atoms with Crippen LogP contribution in [0.3, 0.4) is 0 Å². The molecule has 0 bridgehead atoms. The van der Waals surface area contributed by atoms with Gasteiger partial charge in [-0.1, -0.05) is 39.0 Å². The van der Waals surface area contributed by atoms with E-state index in [2.05, 4.69) is 39.0 Å². The number of benzene rings is 1. The SMILES string of the molecule is CCc1cc(C(C)C)cc(C2CC2)c1. The van der Waals surface area contributed by atoms with Gasteiger partial charge in [0, 0.05) is 0 Å². The Labute approximate surface area is 87.3 Å². The Bertz CT molecular complexity index is 299. The second kappa shape index (κ2) is 3.76. The van der Waals surface area contributed by atoms with Crippen molar-refractivity contribution in [2.45, 2.75) is 51.9 Å². The molecule has 2 rings (SSSR count). The van der Waals surface area contributed by atoms with Gasteiger partial charge in [-0.25, -0.2) is 0 Å². The second-order valence-corrected chi connectivity index (χ2v) is 4.79. The zero-order valence-corrected chi connectivity index (χ0v) is 9.51. The molecule has 0 spiro atoms. The highest BCUT2D eigenvalue weighted by Gasteiger charge is 2.24. The van der Waals surface area contributed by atoms with Gasteiger partial charge < -0.3 is 0 Å². The van der Waals surface area contributed by atoms with Crippen LogP contribution in [0.4, 0.5) is 0 Å². The van der Waals surface area contributed by atoms with E-state index in [4.69, 9.17) is 0 Å². The van der Waals surface area contributed by atoms with Gasteiger partial charge in [0.15, 0.2) is 0 Å². The summed E-state index contributed by atoms with van der Waals surface area (Å²) < 4.78 is 0. The lowest BCUT2D eigenvalue weighted by Gasteiger charge is -2.10. The molecule has 0 heteroatoms. The van der Waals surface area contributed by atoms with Gasteiger partial charge in [-0.2, -0.15) is 0 Å². The Morgan fingerprint density at radius 2 is 1.93 bits per heavy atom. The van der Waals surface area contributed by atoms with Crippen molar-refractivity contribution in [2.75, 3.05) is 0 Å². The van der Waals surface area contributed by atoms with Gasteiger partial charge in [-0.05, 0) is 47.8 Å². The van der Waals surface area contributed by atoms with Crippen LogP contribution >= 0.6 is 0 Å². The number of rotatable bonds is 3. The lowest BCUT2D eigenvalue weighted by molar-refractivity contribution is 0.856. The van der Waals surface area contributed by atoms with Gasteiger partial charge in [-0.3, -0.25) is 0 Å². The highest BCUT2D eigenvalue weighted by Crippen LogP contribution is 2.41. The van der Waals surface area contributed by atoms with Crippen molar-refractivity contribution in [2.24, 2.45) is 0 Å². The molecule has 0 aromatic heterocycles. The monoisotopic (exact) mass is 188 g/mol. The highest BCUT2D eigenvalue weighted by atomic mass is 14.3. The second-order valence-electron chi connectivity index (χ2n) is 4.79. The van der Waals surface area contributed by atoms with Crippen molar-refractivity contribution in [3.8, 4) is 0 Å². The van der Waals surface area contributed by atoms with Crippen LogP contribution in [0.15, 0.2) is 18.2 Å². The van der Waals surface area contributed by atoms with E-state index >= 15 is 0 Å². The maximum atomic E-state index is 2.42. The predicted octanol–water partition coefficient (Wildman–Crippen LogP) is 4.25. The van der Waals surface area contributed by atoms with Gasteiger partial charge in [0.2, 0.25) is 0 Å². The summed E-state index contributed by atoms with van der Waals surface area (Å²) in [6, 6.07) is 7.20. The topological polar surface area (TPSA) is 0 Å². The Balaban J connectivity index is 2.35. The third-order valence-corrected chi connectivity index (χ3v) is 3.16. The van der Waals surface area contributed by atoms with Crippen LogP contribution in [-0.2, 0) is 6.42 Å². The number of hydrogen-bond acceptors (Lipinski definition) is 0. The Hall–Kier alpha value is -0.780. The average Bonchev–Trinajstić information content (AvgIpc) is 3.00. The maximum absolute atomic E-state index is 2.42. The van der Waals surface area contributed by atoms with Gasteiger partial charge >= 0.3 is 0 Å². The molecule has 0 aliphatic heterocycles. The van der Waals surface area contributed by atoms with E-state index < -0.39 is 0 Å². The summed E-state index contributed by atoms with van der Waals surface area (Å²) in [7, 11) is 0. The molecular formula is C14H20. The van der Waals surface area contributed by atoms with Crippen LogP contribution < -0.4 is 0 Å². The molecule has 14 heavy (non-hydrogen) atoms. The Morgan fingerprint density at radius 1 is 1.21 bits per heavy atom. The molecule has 1 aromatic carbocycles. The molecule has 0 unspecified atom stereocenters. The molecule has 0 heterocycles. The average molecular weight is 188 g/mol. The van der Waals surface area contributed by atoms with E-state index in [9.17, 15) is 0 Å². The predicted molar refractivity (Wildman–Crippen MR) is 61.9 cm³/mol.